The van der Waals surface area contributed by atoms with Crippen LogP contribution in [0.2, 0.25) is 0 Å². The zero-order chi connectivity index (χ0) is 16.3. The topological polar surface area (TPSA) is 75.1 Å². The number of nitrogens with zero attached hydrogens (tertiary/aromatic N) is 1. The zero-order valence-electron chi connectivity index (χ0n) is 12.5. The summed E-state index contributed by atoms with van der Waals surface area (Å²) < 4.78 is 11.6. The molecule has 5 nitrogen and oxygen atoms in total. The third kappa shape index (κ3) is 3.00. The lowest BCUT2D eigenvalue weighted by molar-refractivity contribution is 0.309. The molecule has 0 saturated heterocycles. The van der Waals surface area contributed by atoms with Gasteiger partial charge < -0.3 is 14.5 Å². The van der Waals surface area contributed by atoms with Crippen molar-refractivity contribution in [1.82, 2.24) is 4.98 Å². The van der Waals surface area contributed by atoms with Crippen molar-refractivity contribution in [1.29, 1.82) is 5.26 Å². The fourth-order valence-corrected chi connectivity index (χ4v) is 2.74. The highest BCUT2D eigenvalue weighted by atomic mass is 79.9. The van der Waals surface area contributed by atoms with Gasteiger partial charge in [-0.25, -0.2) is 0 Å². The van der Waals surface area contributed by atoms with Crippen molar-refractivity contribution >= 4 is 15.9 Å². The lowest BCUT2D eigenvalue weighted by atomic mass is 10.0. The minimum atomic E-state index is -0.401. The second-order valence-electron chi connectivity index (χ2n) is 4.60. The molecular weight excluding hydrogens is 348 g/mol. The number of hydrogen-bond acceptors (Lipinski definition) is 4. The highest BCUT2D eigenvalue weighted by Crippen LogP contribution is 2.40. The van der Waals surface area contributed by atoms with Gasteiger partial charge in [0.05, 0.1) is 18.2 Å². The summed E-state index contributed by atoms with van der Waals surface area (Å²) in [7, 11) is 1.54. The number of benzene rings is 1. The van der Waals surface area contributed by atoms with E-state index in [1.54, 1.807) is 26.2 Å². The number of pyridine rings is 1. The van der Waals surface area contributed by atoms with E-state index in [2.05, 4.69) is 20.9 Å². The predicted molar refractivity (Wildman–Crippen MR) is 87.4 cm³/mol. The van der Waals surface area contributed by atoms with Gasteiger partial charge in [0.25, 0.3) is 5.56 Å². The van der Waals surface area contributed by atoms with E-state index in [-0.39, 0.29) is 5.56 Å². The Morgan fingerprint density at radius 1 is 1.36 bits per heavy atom. The van der Waals surface area contributed by atoms with Crippen molar-refractivity contribution in [2.75, 3.05) is 13.7 Å². The van der Waals surface area contributed by atoms with E-state index in [1.165, 1.54) is 0 Å². The smallest absolute Gasteiger partial charge is 0.266 e. The Labute approximate surface area is 136 Å². The number of ether oxygens (including phenoxy) is 2. The number of methoxy groups -OCH3 is 1. The number of nitrogens with one attached hydrogen (secondary N) is 1. The Hall–Kier alpha value is -2.26. The Bertz CT molecular complexity index is 806. The average Bonchev–Trinajstić information content (AvgIpc) is 2.48. The van der Waals surface area contributed by atoms with Crippen LogP contribution in [0.4, 0.5) is 0 Å². The highest BCUT2D eigenvalue weighted by Gasteiger charge is 2.16. The van der Waals surface area contributed by atoms with Crippen molar-refractivity contribution in [2.45, 2.75) is 13.8 Å². The Morgan fingerprint density at radius 2 is 2.09 bits per heavy atom. The van der Waals surface area contributed by atoms with Crippen LogP contribution in [-0.2, 0) is 0 Å². The molecule has 2 aromatic rings. The van der Waals surface area contributed by atoms with Gasteiger partial charge in [-0.1, -0.05) is 0 Å². The maximum absolute atomic E-state index is 11.9. The minimum absolute atomic E-state index is 0.0729. The molecule has 0 spiro atoms. The molecule has 0 aliphatic carbocycles. The van der Waals surface area contributed by atoms with E-state index in [1.807, 2.05) is 19.1 Å². The Balaban J connectivity index is 2.72. The van der Waals surface area contributed by atoms with Crippen molar-refractivity contribution in [3.63, 3.8) is 0 Å². The molecule has 6 heteroatoms. The number of hydrogen-bond donors (Lipinski definition) is 1. The van der Waals surface area contributed by atoms with Crippen LogP contribution in [0, 0.1) is 18.3 Å². The number of aryl methyl sites for hydroxylation is 1. The highest BCUT2D eigenvalue weighted by molar-refractivity contribution is 9.10. The van der Waals surface area contributed by atoms with Crippen LogP contribution in [0.15, 0.2) is 27.5 Å². The van der Waals surface area contributed by atoms with Crippen LogP contribution in [0.25, 0.3) is 11.1 Å². The number of rotatable bonds is 4. The molecule has 1 N–H and O–H groups in total. The van der Waals surface area contributed by atoms with Gasteiger partial charge in [-0.15, -0.1) is 0 Å². The molecule has 0 bridgehead atoms. The van der Waals surface area contributed by atoms with E-state index < -0.39 is 5.56 Å². The first-order valence-corrected chi connectivity index (χ1v) is 7.45. The van der Waals surface area contributed by atoms with Crippen LogP contribution in [0.1, 0.15) is 18.2 Å². The molecule has 0 atom stereocenters. The molecule has 0 fully saturated rings. The molecule has 2 rings (SSSR count). The second-order valence-corrected chi connectivity index (χ2v) is 5.46. The first-order chi connectivity index (χ1) is 10.5. The van der Waals surface area contributed by atoms with Crippen LogP contribution in [0.5, 0.6) is 11.5 Å². The largest absolute Gasteiger partial charge is 0.493 e. The fourth-order valence-electron chi connectivity index (χ4n) is 2.19. The lowest BCUT2D eigenvalue weighted by Crippen LogP contribution is -2.12. The molecule has 0 amide bonds. The first-order valence-electron chi connectivity index (χ1n) is 6.66. The molecule has 22 heavy (non-hydrogen) atoms. The summed E-state index contributed by atoms with van der Waals surface area (Å²) in [6.45, 7) is 4.16. The molecule has 1 heterocycles. The molecule has 0 unspecified atom stereocenters. The lowest BCUT2D eigenvalue weighted by Gasteiger charge is -2.14. The first kappa shape index (κ1) is 16.1. The maximum Gasteiger partial charge on any atom is 0.266 e. The summed E-state index contributed by atoms with van der Waals surface area (Å²) in [6, 6.07) is 7.28. The zero-order valence-corrected chi connectivity index (χ0v) is 14.1. The van der Waals surface area contributed by atoms with Gasteiger partial charge in [0.2, 0.25) is 0 Å². The molecule has 0 aliphatic heterocycles. The molecule has 114 valence electrons. The van der Waals surface area contributed by atoms with Crippen LogP contribution in [0.3, 0.4) is 0 Å². The van der Waals surface area contributed by atoms with E-state index in [9.17, 15) is 10.1 Å². The number of aromatic nitrogens is 1. The van der Waals surface area contributed by atoms with Gasteiger partial charge in [0, 0.05) is 11.3 Å². The van der Waals surface area contributed by atoms with Gasteiger partial charge in [0.15, 0.2) is 11.5 Å². The average molecular weight is 363 g/mol. The molecule has 0 radical (unpaired) electrons. The van der Waals surface area contributed by atoms with E-state index in [0.29, 0.717) is 39.4 Å². The predicted octanol–water partition coefficient (Wildman–Crippen LogP) is 3.39. The molecule has 1 aromatic carbocycles. The summed E-state index contributed by atoms with van der Waals surface area (Å²) >= 11 is 3.45. The Morgan fingerprint density at radius 3 is 2.68 bits per heavy atom. The molecule has 0 aliphatic rings. The van der Waals surface area contributed by atoms with Crippen LogP contribution >= 0.6 is 15.9 Å². The van der Waals surface area contributed by atoms with Crippen LogP contribution < -0.4 is 15.0 Å². The summed E-state index contributed by atoms with van der Waals surface area (Å²) in [4.78, 5) is 14.6. The number of aromatic amines is 1. The van der Waals surface area contributed by atoms with Gasteiger partial charge in [0.1, 0.15) is 11.6 Å². The summed E-state index contributed by atoms with van der Waals surface area (Å²) in [6.07, 6.45) is 0. The second kappa shape index (κ2) is 6.67. The summed E-state index contributed by atoms with van der Waals surface area (Å²) in [5, 5.41) is 9.25. The standard InChI is InChI=1S/C16H15BrN2O3/c1-4-22-15-13(17)6-10(7-14(15)21-3)11-5-9(2)19-16(20)12(11)8-18/h5-7H,4H2,1-3H3,(H,19,20). The van der Waals surface area contributed by atoms with Gasteiger partial charge in [-0.05, 0) is 53.5 Å². The van der Waals surface area contributed by atoms with Crippen molar-refractivity contribution in [2.24, 2.45) is 0 Å². The van der Waals surface area contributed by atoms with Crippen molar-refractivity contribution in [3.8, 4) is 28.7 Å². The van der Waals surface area contributed by atoms with Gasteiger partial charge in [-0.2, -0.15) is 5.26 Å². The Kier molecular flexibility index (Phi) is 4.88. The van der Waals surface area contributed by atoms with Crippen molar-refractivity contribution < 1.29 is 9.47 Å². The number of H-pyrrole nitrogens is 1. The number of nitriles is 1. The SMILES string of the molecule is CCOc1c(Br)cc(-c2cc(C)[nH]c(=O)c2C#N)cc1OC. The van der Waals surface area contributed by atoms with E-state index in [0.717, 1.165) is 0 Å². The minimum Gasteiger partial charge on any atom is -0.493 e. The summed E-state index contributed by atoms with van der Waals surface area (Å²) in [5.74, 6) is 1.13. The third-order valence-electron chi connectivity index (χ3n) is 3.11. The monoisotopic (exact) mass is 362 g/mol. The third-order valence-corrected chi connectivity index (χ3v) is 3.70. The number of halogens is 1. The molecule has 0 saturated carbocycles. The molecule has 1 aromatic heterocycles. The summed E-state index contributed by atoms with van der Waals surface area (Å²) in [5.41, 5.74) is 1.62. The maximum atomic E-state index is 11.9. The fraction of sp³-hybridized carbons (Fsp3) is 0.250. The quantitative estimate of drug-likeness (QED) is 0.904. The van der Waals surface area contributed by atoms with Crippen LogP contribution in [-0.4, -0.2) is 18.7 Å². The van der Waals surface area contributed by atoms with E-state index >= 15 is 0 Å². The van der Waals surface area contributed by atoms with E-state index in [4.69, 9.17) is 9.47 Å². The normalized spacial score (nSPS) is 10.1. The van der Waals surface area contributed by atoms with Gasteiger partial charge in [-0.3, -0.25) is 4.79 Å². The molecular formula is C16H15BrN2O3. The van der Waals surface area contributed by atoms with Crippen molar-refractivity contribution in [3.05, 3.63) is 44.3 Å². The van der Waals surface area contributed by atoms with Gasteiger partial charge >= 0.3 is 0 Å².